The molecular formula is C8H13NO2P+. The lowest BCUT2D eigenvalue weighted by Gasteiger charge is -2.06. The zero-order valence-corrected chi connectivity index (χ0v) is 8.09. The standard InChI is InChI=1S/C8H12NO2P/c1-7(9-11-12-10)8-5-3-2-4-6-8/h2-7,9H,12H2,1H3/p+1/t7-/m1/s1. The van der Waals surface area contributed by atoms with Crippen LogP contribution in [-0.4, -0.2) is 0 Å². The number of hydrogen-bond donors (Lipinski definition) is 1. The molecule has 1 aromatic rings. The van der Waals surface area contributed by atoms with E-state index in [0.717, 1.165) is 0 Å². The van der Waals surface area contributed by atoms with E-state index in [-0.39, 0.29) is 6.04 Å². The maximum Gasteiger partial charge on any atom is 0.142 e. The monoisotopic (exact) mass is 186 g/mol. The number of rotatable bonds is 4. The largest absolute Gasteiger partial charge is 0.655 e. The summed E-state index contributed by atoms with van der Waals surface area (Å²) >= 11 is 0. The van der Waals surface area contributed by atoms with E-state index in [4.69, 9.17) is 4.62 Å². The second-order valence-electron chi connectivity index (χ2n) is 2.57. The third-order valence-electron chi connectivity index (χ3n) is 1.66. The highest BCUT2D eigenvalue weighted by atomic mass is 31.1. The Balaban J connectivity index is 2.48. The smallest absolute Gasteiger partial charge is 0.142 e. The third-order valence-corrected chi connectivity index (χ3v) is 1.93. The average Bonchev–Trinajstić information content (AvgIpc) is 2.15. The second kappa shape index (κ2) is 5.22. The maximum atomic E-state index is 10.1. The van der Waals surface area contributed by atoms with Gasteiger partial charge >= 0.3 is 0 Å². The Morgan fingerprint density at radius 2 is 2.08 bits per heavy atom. The van der Waals surface area contributed by atoms with Gasteiger partial charge in [0.25, 0.3) is 0 Å². The molecule has 1 unspecified atom stereocenters. The highest BCUT2D eigenvalue weighted by Gasteiger charge is 2.07. The van der Waals surface area contributed by atoms with Crippen molar-refractivity contribution >= 4 is 9.03 Å². The summed E-state index contributed by atoms with van der Waals surface area (Å²) in [5.41, 5.74) is 2.78. The number of quaternary nitrogens is 1. The predicted octanol–water partition coefficient (Wildman–Crippen LogP) is -0.156. The first-order valence-corrected chi connectivity index (χ1v) is 4.76. The van der Waals surface area contributed by atoms with Crippen molar-refractivity contribution < 1.29 is 15.0 Å². The van der Waals surface area contributed by atoms with E-state index in [2.05, 4.69) is 0 Å². The van der Waals surface area contributed by atoms with Crippen LogP contribution in [0, 0.1) is 0 Å². The normalized spacial score (nSPS) is 13.8. The molecule has 12 heavy (non-hydrogen) atoms. The molecule has 0 bridgehead atoms. The zero-order chi connectivity index (χ0) is 8.81. The van der Waals surface area contributed by atoms with E-state index in [1.54, 1.807) is 5.48 Å². The summed E-state index contributed by atoms with van der Waals surface area (Å²) in [7, 11) is -1.12. The summed E-state index contributed by atoms with van der Waals surface area (Å²) in [6.45, 7) is 2.00. The average molecular weight is 186 g/mol. The SMILES string of the molecule is C[C@@H]([NH2+]O[PH2+][O-])c1ccccc1. The van der Waals surface area contributed by atoms with Crippen molar-refractivity contribution in [2.45, 2.75) is 13.0 Å². The molecule has 0 fully saturated rings. The summed E-state index contributed by atoms with van der Waals surface area (Å²) in [5, 5.41) is 0. The lowest BCUT2D eigenvalue weighted by Crippen LogP contribution is -2.82. The third kappa shape index (κ3) is 2.88. The number of hydroxylamine groups is 1. The Kier molecular flexibility index (Phi) is 4.19. The van der Waals surface area contributed by atoms with Gasteiger partial charge in [-0.25, -0.2) is 0 Å². The van der Waals surface area contributed by atoms with Gasteiger partial charge in [0.1, 0.15) is 15.1 Å². The first-order chi connectivity index (χ1) is 5.84. The van der Waals surface area contributed by atoms with Crippen LogP contribution < -0.4 is 10.4 Å². The fourth-order valence-electron chi connectivity index (χ4n) is 0.985. The molecule has 3 nitrogen and oxygen atoms in total. The number of hydrogen-bond acceptors (Lipinski definition) is 2. The first-order valence-electron chi connectivity index (χ1n) is 3.82. The molecule has 1 aromatic carbocycles. The van der Waals surface area contributed by atoms with Gasteiger partial charge in [-0.2, -0.15) is 5.48 Å². The predicted molar refractivity (Wildman–Crippen MR) is 47.6 cm³/mol. The van der Waals surface area contributed by atoms with E-state index in [0.29, 0.717) is 0 Å². The minimum absolute atomic E-state index is 0.202. The number of nitrogens with two attached hydrogens (primary N) is 1. The Labute approximate surface area is 73.7 Å². The fourth-order valence-corrected chi connectivity index (χ4v) is 1.28. The molecule has 2 N–H and O–H groups in total. The molecule has 0 aromatic heterocycles. The Bertz CT molecular complexity index is 218. The van der Waals surface area contributed by atoms with Gasteiger partial charge in [0.15, 0.2) is 0 Å². The van der Waals surface area contributed by atoms with Crippen LogP contribution in [0.5, 0.6) is 0 Å². The van der Waals surface area contributed by atoms with Crippen LogP contribution in [0.4, 0.5) is 0 Å². The van der Waals surface area contributed by atoms with Gasteiger partial charge in [-0.3, -0.25) is 0 Å². The minimum atomic E-state index is -1.12. The Hall–Kier alpha value is -0.470. The van der Waals surface area contributed by atoms with Gasteiger partial charge < -0.3 is 4.89 Å². The van der Waals surface area contributed by atoms with Gasteiger partial charge in [0, 0.05) is 5.56 Å². The summed E-state index contributed by atoms with van der Waals surface area (Å²) in [6.07, 6.45) is 0. The molecule has 0 saturated carbocycles. The first kappa shape index (κ1) is 9.62. The molecule has 2 atom stereocenters. The van der Waals surface area contributed by atoms with Crippen molar-refractivity contribution in [2.75, 3.05) is 0 Å². The summed E-state index contributed by atoms with van der Waals surface area (Å²) in [6, 6.07) is 10.2. The molecule has 0 aliphatic heterocycles. The molecule has 0 heterocycles. The van der Waals surface area contributed by atoms with E-state index >= 15 is 0 Å². The van der Waals surface area contributed by atoms with Crippen LogP contribution in [0.1, 0.15) is 18.5 Å². The molecular weight excluding hydrogens is 173 g/mol. The van der Waals surface area contributed by atoms with Crippen LogP contribution >= 0.6 is 9.03 Å². The van der Waals surface area contributed by atoms with Gasteiger partial charge in [-0.05, 0) is 6.92 Å². The second-order valence-corrected chi connectivity index (χ2v) is 3.03. The van der Waals surface area contributed by atoms with Crippen LogP contribution in [0.15, 0.2) is 30.3 Å². The van der Waals surface area contributed by atoms with E-state index in [9.17, 15) is 4.89 Å². The molecule has 4 heteroatoms. The molecule has 0 saturated heterocycles. The molecule has 0 aliphatic rings. The Morgan fingerprint density at radius 1 is 1.42 bits per heavy atom. The van der Waals surface area contributed by atoms with Crippen molar-refractivity contribution in [2.24, 2.45) is 0 Å². The summed E-state index contributed by atoms with van der Waals surface area (Å²) in [5.74, 6) is 0. The molecule has 66 valence electrons. The highest BCUT2D eigenvalue weighted by Crippen LogP contribution is 2.06. The van der Waals surface area contributed by atoms with E-state index in [1.165, 1.54) is 5.56 Å². The van der Waals surface area contributed by atoms with Crippen molar-refractivity contribution in [1.29, 1.82) is 0 Å². The van der Waals surface area contributed by atoms with Crippen LogP contribution in [0.25, 0.3) is 0 Å². The summed E-state index contributed by atoms with van der Waals surface area (Å²) in [4.78, 5) is 10.1. The van der Waals surface area contributed by atoms with Crippen LogP contribution in [0.3, 0.4) is 0 Å². The van der Waals surface area contributed by atoms with Gasteiger partial charge in [-0.15, -0.1) is 0 Å². The van der Waals surface area contributed by atoms with E-state index < -0.39 is 9.03 Å². The van der Waals surface area contributed by atoms with Crippen LogP contribution in [-0.2, 0) is 4.62 Å². The molecule has 0 radical (unpaired) electrons. The Morgan fingerprint density at radius 3 is 2.67 bits per heavy atom. The van der Waals surface area contributed by atoms with Crippen molar-refractivity contribution in [1.82, 2.24) is 0 Å². The highest BCUT2D eigenvalue weighted by molar-refractivity contribution is 7.23. The maximum absolute atomic E-state index is 10.1. The zero-order valence-electron chi connectivity index (χ0n) is 6.94. The quantitative estimate of drug-likeness (QED) is 0.525. The fraction of sp³-hybridized carbons (Fsp3) is 0.250. The van der Waals surface area contributed by atoms with Crippen molar-refractivity contribution in [3.8, 4) is 0 Å². The van der Waals surface area contributed by atoms with E-state index in [1.807, 2.05) is 37.3 Å². The molecule has 1 rings (SSSR count). The minimum Gasteiger partial charge on any atom is -0.655 e. The van der Waals surface area contributed by atoms with Gasteiger partial charge in [0.2, 0.25) is 0 Å². The molecule has 0 spiro atoms. The van der Waals surface area contributed by atoms with Crippen molar-refractivity contribution in [3.05, 3.63) is 35.9 Å². The van der Waals surface area contributed by atoms with Crippen LogP contribution in [0.2, 0.25) is 0 Å². The summed E-state index contributed by atoms with van der Waals surface area (Å²) < 4.78 is 4.75. The van der Waals surface area contributed by atoms with Gasteiger partial charge in [0.05, 0.1) is 0 Å². The molecule has 0 amide bonds. The molecule has 0 aliphatic carbocycles. The number of benzene rings is 1. The lowest BCUT2D eigenvalue weighted by molar-refractivity contribution is -0.889. The lowest BCUT2D eigenvalue weighted by atomic mass is 10.1. The topological polar surface area (TPSA) is 48.9 Å². The van der Waals surface area contributed by atoms with Gasteiger partial charge in [-0.1, -0.05) is 35.0 Å². The van der Waals surface area contributed by atoms with Crippen molar-refractivity contribution in [3.63, 3.8) is 0 Å².